The Bertz CT molecular complexity index is 1070. The van der Waals surface area contributed by atoms with E-state index < -0.39 is 11.9 Å². The van der Waals surface area contributed by atoms with Crippen LogP contribution in [0.25, 0.3) is 5.57 Å². The van der Waals surface area contributed by atoms with Gasteiger partial charge < -0.3 is 5.73 Å². The lowest BCUT2D eigenvalue weighted by Gasteiger charge is -2.39. The van der Waals surface area contributed by atoms with E-state index >= 15 is 0 Å². The van der Waals surface area contributed by atoms with Crippen molar-refractivity contribution in [1.82, 2.24) is 9.80 Å². The SMILES string of the molecule is C=CC1=CC=C2C(=O)N(C3CCC(=O)NC3=O)c3cccc(c32)[N+]12CCCCC(N)C2. The van der Waals surface area contributed by atoms with Gasteiger partial charge in [-0.3, -0.25) is 29.1 Å². The highest BCUT2D eigenvalue weighted by molar-refractivity contribution is 6.35. The van der Waals surface area contributed by atoms with Gasteiger partial charge in [-0.25, -0.2) is 0 Å². The Morgan fingerprint density at radius 3 is 2.77 bits per heavy atom. The molecule has 1 spiro atoms. The Balaban J connectivity index is 1.70. The molecule has 4 heterocycles. The van der Waals surface area contributed by atoms with Crippen LogP contribution in [0.2, 0.25) is 0 Å². The number of amides is 3. The second-order valence-corrected chi connectivity index (χ2v) is 8.82. The molecular weight excluding hydrogens is 392 g/mol. The third kappa shape index (κ3) is 2.91. The normalized spacial score (nSPS) is 30.2. The van der Waals surface area contributed by atoms with E-state index in [1.54, 1.807) is 4.90 Å². The number of rotatable bonds is 2. The molecular formula is C24H27N4O3+. The molecule has 3 atom stereocenters. The van der Waals surface area contributed by atoms with Gasteiger partial charge in [0.2, 0.25) is 11.8 Å². The molecule has 3 unspecified atom stereocenters. The summed E-state index contributed by atoms with van der Waals surface area (Å²) >= 11 is 0. The maximum atomic E-state index is 13.6. The molecule has 0 bridgehead atoms. The monoisotopic (exact) mass is 419 g/mol. The molecule has 3 amide bonds. The Labute approximate surface area is 181 Å². The summed E-state index contributed by atoms with van der Waals surface area (Å²) in [6, 6.07) is 5.29. The van der Waals surface area contributed by atoms with Crippen LogP contribution >= 0.6 is 0 Å². The van der Waals surface area contributed by atoms with E-state index in [1.165, 1.54) is 0 Å². The zero-order chi connectivity index (χ0) is 21.8. The summed E-state index contributed by atoms with van der Waals surface area (Å²) in [5.41, 5.74) is 10.8. The number of piperidine rings is 1. The summed E-state index contributed by atoms with van der Waals surface area (Å²) in [6.45, 7) is 5.68. The van der Waals surface area contributed by atoms with E-state index in [0.717, 1.165) is 55.0 Å². The Morgan fingerprint density at radius 2 is 2.00 bits per heavy atom. The lowest BCUT2D eigenvalue weighted by molar-refractivity contribution is -0.135. The maximum Gasteiger partial charge on any atom is 0.259 e. The van der Waals surface area contributed by atoms with E-state index in [9.17, 15) is 14.4 Å². The molecule has 160 valence electrons. The number of carbonyl (C=O) groups is 3. The molecule has 2 saturated heterocycles. The van der Waals surface area contributed by atoms with Crippen molar-refractivity contribution >= 4 is 34.7 Å². The molecule has 0 aromatic heterocycles. The molecule has 1 aromatic carbocycles. The third-order valence-corrected chi connectivity index (χ3v) is 7.02. The van der Waals surface area contributed by atoms with Crippen LogP contribution in [-0.2, 0) is 14.4 Å². The van der Waals surface area contributed by atoms with Crippen LogP contribution in [0.1, 0.15) is 37.7 Å². The van der Waals surface area contributed by atoms with E-state index in [1.807, 2.05) is 30.4 Å². The fraction of sp³-hybridized carbons (Fsp3) is 0.375. The van der Waals surface area contributed by atoms with Crippen LogP contribution in [0.3, 0.4) is 0 Å². The molecule has 0 radical (unpaired) electrons. The number of nitrogens with one attached hydrogen (secondary N) is 1. The third-order valence-electron chi connectivity index (χ3n) is 7.02. The summed E-state index contributed by atoms with van der Waals surface area (Å²) in [5, 5.41) is 2.38. The molecule has 2 fully saturated rings. The first-order chi connectivity index (χ1) is 15.0. The lowest BCUT2D eigenvalue weighted by atomic mass is 10.0. The zero-order valence-electron chi connectivity index (χ0n) is 17.5. The highest BCUT2D eigenvalue weighted by Crippen LogP contribution is 2.49. The van der Waals surface area contributed by atoms with Crippen LogP contribution in [0, 0.1) is 0 Å². The zero-order valence-corrected chi connectivity index (χ0v) is 17.5. The van der Waals surface area contributed by atoms with Crippen molar-refractivity contribution in [1.29, 1.82) is 0 Å². The number of imide groups is 1. The summed E-state index contributed by atoms with van der Waals surface area (Å²) in [6.07, 6.45) is 9.34. The second kappa shape index (κ2) is 7.28. The van der Waals surface area contributed by atoms with Gasteiger partial charge >= 0.3 is 0 Å². The summed E-state index contributed by atoms with van der Waals surface area (Å²) in [5.74, 6) is -0.904. The van der Waals surface area contributed by atoms with E-state index in [2.05, 4.69) is 18.0 Å². The maximum absolute atomic E-state index is 13.6. The van der Waals surface area contributed by atoms with Crippen molar-refractivity contribution in [2.45, 2.75) is 44.2 Å². The number of hydrogen-bond donors (Lipinski definition) is 2. The number of benzene rings is 1. The van der Waals surface area contributed by atoms with Crippen molar-refractivity contribution < 1.29 is 14.4 Å². The van der Waals surface area contributed by atoms with Crippen molar-refractivity contribution in [2.75, 3.05) is 18.0 Å². The van der Waals surface area contributed by atoms with Gasteiger partial charge in [0.15, 0.2) is 0 Å². The van der Waals surface area contributed by atoms with Crippen molar-refractivity contribution in [2.24, 2.45) is 5.73 Å². The highest BCUT2D eigenvalue weighted by atomic mass is 16.2. The number of allylic oxidation sites excluding steroid dienone is 3. The first kappa shape index (κ1) is 19.9. The Hall–Kier alpha value is -3.03. The fourth-order valence-corrected chi connectivity index (χ4v) is 5.62. The largest absolute Gasteiger partial charge is 0.323 e. The molecule has 7 nitrogen and oxygen atoms in total. The first-order valence-corrected chi connectivity index (χ1v) is 10.9. The second-order valence-electron chi connectivity index (χ2n) is 8.82. The van der Waals surface area contributed by atoms with Gasteiger partial charge in [-0.1, -0.05) is 12.6 Å². The highest BCUT2D eigenvalue weighted by Gasteiger charge is 2.48. The quantitative estimate of drug-likeness (QED) is 0.567. The average molecular weight is 420 g/mol. The van der Waals surface area contributed by atoms with Gasteiger partial charge in [0.05, 0.1) is 29.4 Å². The molecule has 5 rings (SSSR count). The standard InChI is InChI=1S/C24H26N4O3/c1-2-16-9-10-17-22-18(27(24(17)31)19-11-12-21(29)26-23(19)30)7-5-8-20(22)28(16)13-4-3-6-15(25)14-28/h2,5,7-10,15,19H,1,3-4,6,11-14,25H2/p+1. The topological polar surface area (TPSA) is 92.5 Å². The lowest BCUT2D eigenvalue weighted by Crippen LogP contribution is -2.54. The van der Waals surface area contributed by atoms with Crippen LogP contribution < -0.4 is 20.4 Å². The molecule has 3 N–H and O–H groups in total. The van der Waals surface area contributed by atoms with Crippen LogP contribution in [-0.4, -0.2) is 42.9 Å². The molecule has 4 aliphatic heterocycles. The van der Waals surface area contributed by atoms with Gasteiger partial charge in [-0.2, -0.15) is 0 Å². The minimum absolute atomic E-state index is 0.0478. The van der Waals surface area contributed by atoms with Gasteiger partial charge in [-0.15, -0.1) is 0 Å². The number of nitrogens with two attached hydrogens (primary N) is 1. The first-order valence-electron chi connectivity index (χ1n) is 10.9. The van der Waals surface area contributed by atoms with Gasteiger partial charge in [0, 0.05) is 18.6 Å². The van der Waals surface area contributed by atoms with Crippen LogP contribution in [0.15, 0.2) is 48.7 Å². The predicted molar refractivity (Wildman–Crippen MR) is 120 cm³/mol. The smallest absolute Gasteiger partial charge is 0.259 e. The molecule has 31 heavy (non-hydrogen) atoms. The van der Waals surface area contributed by atoms with Gasteiger partial charge in [-0.05, 0) is 43.9 Å². The summed E-state index contributed by atoms with van der Waals surface area (Å²) in [4.78, 5) is 39.4. The van der Waals surface area contributed by atoms with Gasteiger partial charge in [0.1, 0.15) is 24.0 Å². The van der Waals surface area contributed by atoms with E-state index in [4.69, 9.17) is 5.73 Å². The van der Waals surface area contributed by atoms with E-state index in [0.29, 0.717) is 16.5 Å². The number of anilines is 1. The number of hydrogen-bond acceptors (Lipinski definition) is 4. The number of carbonyl (C=O) groups excluding carboxylic acids is 3. The predicted octanol–water partition coefficient (Wildman–Crippen LogP) is 2.12. The minimum atomic E-state index is -0.688. The average Bonchev–Trinajstić information content (AvgIpc) is 2.86. The summed E-state index contributed by atoms with van der Waals surface area (Å²) in [7, 11) is 0. The fourth-order valence-electron chi connectivity index (χ4n) is 5.62. The number of quaternary nitrogens is 1. The number of fused-ring (bicyclic) bond motifs is 1. The molecule has 0 saturated carbocycles. The molecule has 0 aliphatic carbocycles. The Kier molecular flexibility index (Phi) is 4.68. The molecule has 4 aliphatic rings. The van der Waals surface area contributed by atoms with E-state index in [-0.39, 0.29) is 24.3 Å². The van der Waals surface area contributed by atoms with Crippen molar-refractivity contribution in [3.05, 3.63) is 54.3 Å². The Morgan fingerprint density at radius 1 is 1.16 bits per heavy atom. The van der Waals surface area contributed by atoms with Crippen molar-refractivity contribution in [3.63, 3.8) is 0 Å². The van der Waals surface area contributed by atoms with Crippen LogP contribution in [0.4, 0.5) is 11.4 Å². The van der Waals surface area contributed by atoms with Crippen LogP contribution in [0.5, 0.6) is 0 Å². The minimum Gasteiger partial charge on any atom is -0.323 e. The van der Waals surface area contributed by atoms with Crippen molar-refractivity contribution in [3.8, 4) is 0 Å². The number of nitrogens with zero attached hydrogens (tertiary/aromatic N) is 2. The van der Waals surface area contributed by atoms with Gasteiger partial charge in [0.25, 0.3) is 5.91 Å². The molecule has 1 aromatic rings. The molecule has 7 heteroatoms. The summed E-state index contributed by atoms with van der Waals surface area (Å²) < 4.78 is 0.560.